The molecular formula is C51H84N8O15. The van der Waals surface area contributed by atoms with Crippen molar-refractivity contribution in [3.05, 3.63) is 29.8 Å². The van der Waals surface area contributed by atoms with Crippen molar-refractivity contribution in [3.8, 4) is 5.75 Å². The van der Waals surface area contributed by atoms with Crippen LogP contribution in [0.3, 0.4) is 0 Å². The molecule has 0 unspecified atom stereocenters. The van der Waals surface area contributed by atoms with E-state index in [2.05, 4.69) is 47.4 Å². The molecule has 74 heavy (non-hydrogen) atoms. The van der Waals surface area contributed by atoms with Crippen LogP contribution in [-0.2, 0) is 33.6 Å². The Morgan fingerprint density at radius 1 is 0.730 bits per heavy atom. The van der Waals surface area contributed by atoms with Crippen LogP contribution in [0.25, 0.3) is 0 Å². The van der Waals surface area contributed by atoms with E-state index < -0.39 is 146 Å². The van der Waals surface area contributed by atoms with Crippen LogP contribution in [0.4, 0.5) is 0 Å². The predicted octanol–water partition coefficient (Wildman–Crippen LogP) is -1.80. The third kappa shape index (κ3) is 17.3. The van der Waals surface area contributed by atoms with Crippen molar-refractivity contribution in [3.63, 3.8) is 0 Å². The summed E-state index contributed by atoms with van der Waals surface area (Å²) in [6.07, 6.45) is -4.85. The van der Waals surface area contributed by atoms with Crippen molar-refractivity contribution in [2.45, 2.75) is 210 Å². The van der Waals surface area contributed by atoms with Gasteiger partial charge in [-0.1, -0.05) is 77.8 Å². The number of nitrogens with one attached hydrogen (secondary N) is 5. The smallest absolute Gasteiger partial charge is 0.248 e. The zero-order valence-corrected chi connectivity index (χ0v) is 43.5. The first-order valence-electron chi connectivity index (χ1n) is 26.4. The topological polar surface area (TPSA) is 374 Å². The Morgan fingerprint density at radius 2 is 1.34 bits per heavy atom. The molecule has 3 saturated heterocycles. The molecular weight excluding hydrogens is 965 g/mol. The highest BCUT2D eigenvalue weighted by atomic mass is 16.3. The van der Waals surface area contributed by atoms with E-state index in [-0.39, 0.29) is 43.7 Å². The van der Waals surface area contributed by atoms with Crippen LogP contribution in [0, 0.1) is 11.8 Å². The fourth-order valence-electron chi connectivity index (χ4n) is 9.96. The quantitative estimate of drug-likeness (QED) is 0.0641. The number of aliphatic hydroxyl groups is 7. The maximum absolute atomic E-state index is 14.4. The van der Waals surface area contributed by atoms with Crippen molar-refractivity contribution in [2.75, 3.05) is 19.6 Å². The van der Waals surface area contributed by atoms with Gasteiger partial charge in [0.15, 0.2) is 0 Å². The summed E-state index contributed by atoms with van der Waals surface area (Å²) in [4.78, 5) is 101. The van der Waals surface area contributed by atoms with Crippen molar-refractivity contribution in [2.24, 2.45) is 17.6 Å². The Morgan fingerprint density at radius 3 is 1.97 bits per heavy atom. The number of fused-ring (bicyclic) bond motifs is 2. The largest absolute Gasteiger partial charge is 0.508 e. The summed E-state index contributed by atoms with van der Waals surface area (Å²) in [5.41, 5.74) is 5.68. The second-order valence-electron chi connectivity index (χ2n) is 20.8. The van der Waals surface area contributed by atoms with Gasteiger partial charge in [-0.15, -0.1) is 0 Å². The van der Waals surface area contributed by atoms with Gasteiger partial charge in [0.1, 0.15) is 54.2 Å². The molecule has 418 valence electrons. The monoisotopic (exact) mass is 1050 g/mol. The first kappa shape index (κ1) is 61.5. The van der Waals surface area contributed by atoms with E-state index in [9.17, 15) is 74.4 Å². The fourth-order valence-corrected chi connectivity index (χ4v) is 9.96. The van der Waals surface area contributed by atoms with Crippen molar-refractivity contribution in [1.82, 2.24) is 36.4 Å². The highest BCUT2D eigenvalue weighted by molar-refractivity contribution is 5.98. The molecule has 0 aliphatic carbocycles. The number of aliphatic hydroxyl groups excluding tert-OH is 7. The number of unbranched alkanes of at least 4 members (excludes halogenated alkanes) is 5. The van der Waals surface area contributed by atoms with E-state index in [1.807, 2.05) is 0 Å². The van der Waals surface area contributed by atoms with Gasteiger partial charge in [-0.3, -0.25) is 33.6 Å². The Hall–Kier alpha value is -5.01. The normalized spacial score (nSPS) is 29.3. The molecule has 15 N–H and O–H groups in total. The van der Waals surface area contributed by atoms with Gasteiger partial charge < -0.3 is 83.0 Å². The number of hydrogen-bond acceptors (Lipinski definition) is 16. The predicted molar refractivity (Wildman–Crippen MR) is 269 cm³/mol. The molecule has 0 saturated carbocycles. The molecule has 0 bridgehead atoms. The number of aromatic hydroxyl groups is 1. The molecule has 16 atom stereocenters. The molecule has 3 aliphatic rings. The molecule has 7 amide bonds. The van der Waals surface area contributed by atoms with E-state index in [4.69, 9.17) is 5.73 Å². The number of phenols is 1. The lowest BCUT2D eigenvalue weighted by molar-refractivity contribution is -0.148. The first-order valence-corrected chi connectivity index (χ1v) is 26.4. The lowest BCUT2D eigenvalue weighted by atomic mass is 9.91. The molecule has 3 heterocycles. The fraction of sp³-hybridized carbons (Fsp3) is 0.745. The van der Waals surface area contributed by atoms with Gasteiger partial charge in [-0.05, 0) is 75.6 Å². The third-order valence-electron chi connectivity index (χ3n) is 14.6. The molecule has 23 nitrogen and oxygen atoms in total. The summed E-state index contributed by atoms with van der Waals surface area (Å²) < 4.78 is 0. The second kappa shape index (κ2) is 29.3. The van der Waals surface area contributed by atoms with Gasteiger partial charge in [0, 0.05) is 32.4 Å². The molecule has 1 aromatic carbocycles. The van der Waals surface area contributed by atoms with Crippen LogP contribution >= 0.6 is 0 Å². The molecule has 1 aromatic rings. The number of nitrogens with two attached hydrogens (primary N) is 1. The van der Waals surface area contributed by atoms with Crippen LogP contribution in [0.5, 0.6) is 5.75 Å². The number of hydrogen-bond donors (Lipinski definition) is 14. The molecule has 3 aliphatic heterocycles. The highest BCUT2D eigenvalue weighted by Gasteiger charge is 2.48. The number of rotatable bonds is 20. The van der Waals surface area contributed by atoms with Crippen LogP contribution in [-0.4, -0.2) is 191 Å². The first-order chi connectivity index (χ1) is 35.0. The van der Waals surface area contributed by atoms with Gasteiger partial charge in [-0.25, -0.2) is 0 Å². The van der Waals surface area contributed by atoms with E-state index in [1.165, 1.54) is 44.5 Å². The zero-order valence-electron chi connectivity index (χ0n) is 43.5. The van der Waals surface area contributed by atoms with E-state index >= 15 is 0 Å². The number of nitrogens with zero attached hydrogens (tertiary/aromatic N) is 2. The van der Waals surface area contributed by atoms with Crippen molar-refractivity contribution < 1.29 is 74.4 Å². The maximum Gasteiger partial charge on any atom is 0.248 e. The summed E-state index contributed by atoms with van der Waals surface area (Å²) in [6.45, 7) is 8.26. The Kier molecular flexibility index (Phi) is 24.4. The van der Waals surface area contributed by atoms with Crippen LogP contribution < -0.4 is 32.3 Å². The van der Waals surface area contributed by atoms with E-state index in [1.54, 1.807) is 0 Å². The minimum absolute atomic E-state index is 0.00272. The van der Waals surface area contributed by atoms with Gasteiger partial charge in [-0.2, -0.15) is 0 Å². The average Bonchev–Trinajstić information content (AvgIpc) is 3.95. The van der Waals surface area contributed by atoms with Gasteiger partial charge in [0.2, 0.25) is 41.4 Å². The minimum atomic E-state index is -2.26. The number of amides is 7. The summed E-state index contributed by atoms with van der Waals surface area (Å²) in [7, 11) is 0. The molecule has 23 heteroatoms. The van der Waals surface area contributed by atoms with Crippen LogP contribution in [0.1, 0.15) is 136 Å². The molecule has 0 spiro atoms. The van der Waals surface area contributed by atoms with Gasteiger partial charge >= 0.3 is 0 Å². The maximum atomic E-state index is 14.4. The summed E-state index contributed by atoms with van der Waals surface area (Å²) in [5, 5.41) is 101. The standard InChI is InChI=1S/C51H84N8O15/c1-6-27(2)23-28(3)13-11-9-7-8-10-12-14-39(66)54-34-25-38(65)29(4)53-49(72)43-37(64)20-22-58(43)51(74)41(36(63)19-21-52)56-48(71)42(45(68)44(67)31-15-17-32(61)18-16-31)57-47(70)35-24-33(62)26-59(35)50(73)40(30(5)60)55-46(34)69/h15-18,27-30,33-38,40-45,60-65,67-68H,6-14,19-26,52H2,1-5H3,(H,53,72)(H,54,66)(H,55,69)(H,56,71)(H,57,70)/t27-,28+,29+,30+,33+,34-,35-,36+,37-,38+,40-,41-,42-,43-,44-,45-/m0/s1. The lowest BCUT2D eigenvalue weighted by Crippen LogP contribution is -2.64. The molecule has 3 fully saturated rings. The van der Waals surface area contributed by atoms with Crippen molar-refractivity contribution >= 4 is 41.4 Å². The van der Waals surface area contributed by atoms with E-state index in [0.717, 1.165) is 54.7 Å². The Balaban J connectivity index is 1.68. The van der Waals surface area contributed by atoms with Gasteiger partial charge in [0.05, 0.1) is 36.6 Å². The van der Waals surface area contributed by atoms with E-state index in [0.29, 0.717) is 18.3 Å². The SMILES string of the molecule is CC[C@H](C)C[C@H](C)CCCCCCCCC(=O)N[C@H]1C[C@@H](O)[C@@H](C)NC(=O)[C@@H]2[C@@H](O)CCN2C(=O)[C@H]([C@H](O)CCN)NC(=O)[C@H]([C@H](O)[C@@H](O)c2ccc(O)cc2)NC(=O)[C@@H]2C[C@@H](O)CN2C(=O)[C@H]([C@@H](C)O)NC1=O. The number of carbonyl (C=O) groups excluding carboxylic acids is 7. The third-order valence-corrected chi connectivity index (χ3v) is 14.6. The number of carbonyl (C=O) groups is 7. The number of benzene rings is 1. The van der Waals surface area contributed by atoms with Crippen molar-refractivity contribution in [1.29, 1.82) is 0 Å². The molecule has 4 rings (SSSR count). The molecule has 0 radical (unpaired) electrons. The average molecular weight is 1050 g/mol. The second-order valence-corrected chi connectivity index (χ2v) is 20.8. The van der Waals surface area contributed by atoms with Crippen LogP contribution in [0.2, 0.25) is 0 Å². The highest BCUT2D eigenvalue weighted by Crippen LogP contribution is 2.27. The minimum Gasteiger partial charge on any atom is -0.508 e. The van der Waals surface area contributed by atoms with Crippen LogP contribution in [0.15, 0.2) is 24.3 Å². The zero-order chi connectivity index (χ0) is 55.0. The summed E-state index contributed by atoms with van der Waals surface area (Å²) in [5.74, 6) is -6.20. The number of phenolic OH excluding ortho intramolecular Hbond substituents is 1. The summed E-state index contributed by atoms with van der Waals surface area (Å²) in [6, 6.07) is -7.36. The van der Waals surface area contributed by atoms with Gasteiger partial charge in [0.25, 0.3) is 0 Å². The Bertz CT molecular complexity index is 2020. The summed E-state index contributed by atoms with van der Waals surface area (Å²) >= 11 is 0. The molecule has 0 aromatic heterocycles. The lowest BCUT2D eigenvalue weighted by Gasteiger charge is -2.34. The Labute approximate surface area is 433 Å².